The largest absolute Gasteiger partial charge is 0.352 e. The topological polar surface area (TPSA) is 109 Å². The summed E-state index contributed by atoms with van der Waals surface area (Å²) in [4.78, 5) is 12.4. The smallest absolute Gasteiger partial charge is 0.251 e. The lowest BCUT2D eigenvalue weighted by Gasteiger charge is -2.10. The fourth-order valence-electron chi connectivity index (χ4n) is 2.26. The van der Waals surface area contributed by atoms with Crippen LogP contribution in [0.25, 0.3) is 0 Å². The van der Waals surface area contributed by atoms with Gasteiger partial charge in [-0.25, -0.2) is 16.8 Å². The Morgan fingerprint density at radius 3 is 2.33 bits per heavy atom. The van der Waals surface area contributed by atoms with Gasteiger partial charge in [-0.1, -0.05) is 29.8 Å². The third kappa shape index (κ3) is 6.53. The molecule has 2 aromatic carbocycles. The Hall–Kier alpha value is -2.10. The summed E-state index contributed by atoms with van der Waals surface area (Å²) >= 11 is 5.92. The van der Waals surface area contributed by atoms with Gasteiger partial charge in [-0.3, -0.25) is 9.52 Å². The summed E-state index contributed by atoms with van der Waals surface area (Å²) in [6.45, 7) is 0.155. The Morgan fingerprint density at radius 1 is 1.04 bits per heavy atom. The SMILES string of the molecule is CS(=O)(=O)Nc1cc(C(=O)NCCCS(=O)(=O)c2ccccc2)ccc1Cl. The Morgan fingerprint density at radius 2 is 1.70 bits per heavy atom. The number of benzene rings is 2. The Kier molecular flexibility index (Phi) is 6.85. The minimum Gasteiger partial charge on any atom is -0.352 e. The number of sulfone groups is 1. The molecule has 0 unspecified atom stereocenters. The molecule has 1 amide bonds. The lowest BCUT2D eigenvalue weighted by atomic mass is 10.2. The first-order valence-electron chi connectivity index (χ1n) is 7.92. The number of anilines is 1. The summed E-state index contributed by atoms with van der Waals surface area (Å²) in [5.41, 5.74) is 0.301. The first-order chi connectivity index (χ1) is 12.6. The Bertz CT molecular complexity index is 1020. The van der Waals surface area contributed by atoms with E-state index in [1.165, 1.54) is 30.3 Å². The highest BCUT2D eigenvalue weighted by molar-refractivity contribution is 7.92. The maximum Gasteiger partial charge on any atom is 0.251 e. The van der Waals surface area contributed by atoms with Crippen LogP contribution in [0.2, 0.25) is 5.02 Å². The average molecular weight is 431 g/mol. The summed E-state index contributed by atoms with van der Waals surface area (Å²) in [6.07, 6.45) is 1.22. The van der Waals surface area contributed by atoms with E-state index in [1.54, 1.807) is 18.2 Å². The normalized spacial score (nSPS) is 11.8. The summed E-state index contributed by atoms with van der Waals surface area (Å²) in [7, 11) is -6.94. The van der Waals surface area contributed by atoms with Crippen molar-refractivity contribution in [3.8, 4) is 0 Å². The van der Waals surface area contributed by atoms with Crippen LogP contribution < -0.4 is 10.0 Å². The van der Waals surface area contributed by atoms with Crippen LogP contribution in [0.15, 0.2) is 53.4 Å². The first kappa shape index (κ1) is 21.2. The zero-order valence-corrected chi connectivity index (χ0v) is 16.9. The summed E-state index contributed by atoms with van der Waals surface area (Å²) < 4.78 is 49.2. The van der Waals surface area contributed by atoms with Crippen LogP contribution in [-0.4, -0.2) is 41.3 Å². The van der Waals surface area contributed by atoms with E-state index in [4.69, 9.17) is 11.6 Å². The second-order valence-electron chi connectivity index (χ2n) is 5.81. The first-order valence-corrected chi connectivity index (χ1v) is 11.8. The Balaban J connectivity index is 1.94. The second-order valence-corrected chi connectivity index (χ2v) is 10.1. The molecule has 2 rings (SSSR count). The molecule has 0 atom stereocenters. The molecule has 7 nitrogen and oxygen atoms in total. The lowest BCUT2D eigenvalue weighted by Crippen LogP contribution is -2.26. The van der Waals surface area contributed by atoms with Crippen LogP contribution in [0, 0.1) is 0 Å². The molecule has 2 aromatic rings. The number of hydrogen-bond donors (Lipinski definition) is 2. The van der Waals surface area contributed by atoms with E-state index in [9.17, 15) is 21.6 Å². The third-order valence-corrected chi connectivity index (χ3v) is 6.24. The van der Waals surface area contributed by atoms with Crippen molar-refractivity contribution < 1.29 is 21.6 Å². The molecule has 0 heterocycles. The number of hydrogen-bond acceptors (Lipinski definition) is 5. The van der Waals surface area contributed by atoms with Crippen molar-refractivity contribution in [2.45, 2.75) is 11.3 Å². The third-order valence-electron chi connectivity index (χ3n) is 3.50. The van der Waals surface area contributed by atoms with Crippen LogP contribution in [0.4, 0.5) is 5.69 Å². The van der Waals surface area contributed by atoms with Crippen molar-refractivity contribution in [2.24, 2.45) is 0 Å². The van der Waals surface area contributed by atoms with E-state index in [0.717, 1.165) is 6.26 Å². The molecule has 27 heavy (non-hydrogen) atoms. The minimum absolute atomic E-state index is 0.0958. The van der Waals surface area contributed by atoms with Crippen molar-refractivity contribution in [3.05, 3.63) is 59.1 Å². The van der Waals surface area contributed by atoms with Gasteiger partial charge in [0.05, 0.1) is 27.6 Å². The van der Waals surface area contributed by atoms with Gasteiger partial charge in [0.15, 0.2) is 9.84 Å². The number of sulfonamides is 1. The number of nitrogens with one attached hydrogen (secondary N) is 2. The van der Waals surface area contributed by atoms with Gasteiger partial charge in [-0.15, -0.1) is 0 Å². The molecule has 2 N–H and O–H groups in total. The predicted molar refractivity (Wildman–Crippen MR) is 105 cm³/mol. The monoisotopic (exact) mass is 430 g/mol. The number of carbonyl (C=O) groups excluding carboxylic acids is 1. The molecular formula is C17H19ClN2O5S2. The number of carbonyl (C=O) groups is 1. The molecule has 0 aromatic heterocycles. The lowest BCUT2D eigenvalue weighted by molar-refractivity contribution is 0.0953. The fourth-order valence-corrected chi connectivity index (χ4v) is 4.38. The molecule has 0 saturated carbocycles. The molecule has 0 aliphatic rings. The van der Waals surface area contributed by atoms with Gasteiger partial charge in [-0.05, 0) is 36.8 Å². The maximum absolute atomic E-state index is 12.2. The Labute approximate surface area is 163 Å². The zero-order valence-electron chi connectivity index (χ0n) is 14.5. The van der Waals surface area contributed by atoms with Gasteiger partial charge >= 0.3 is 0 Å². The van der Waals surface area contributed by atoms with E-state index in [1.807, 2.05) is 0 Å². The van der Waals surface area contributed by atoms with Crippen molar-refractivity contribution in [3.63, 3.8) is 0 Å². The summed E-state index contributed by atoms with van der Waals surface area (Å²) in [6, 6.07) is 12.3. The van der Waals surface area contributed by atoms with E-state index in [2.05, 4.69) is 10.0 Å². The summed E-state index contributed by atoms with van der Waals surface area (Å²) in [5.74, 6) is -0.556. The highest BCUT2D eigenvalue weighted by Crippen LogP contribution is 2.24. The van der Waals surface area contributed by atoms with Crippen LogP contribution in [0.1, 0.15) is 16.8 Å². The van der Waals surface area contributed by atoms with E-state index in [-0.39, 0.29) is 39.9 Å². The minimum atomic E-state index is -3.54. The summed E-state index contributed by atoms with van der Waals surface area (Å²) in [5, 5.41) is 2.77. The fraction of sp³-hybridized carbons (Fsp3) is 0.235. The van der Waals surface area contributed by atoms with Gasteiger partial charge in [0.1, 0.15) is 0 Å². The molecule has 0 fully saturated rings. The second kappa shape index (κ2) is 8.73. The van der Waals surface area contributed by atoms with E-state index in [0.29, 0.717) is 0 Å². The molecule has 0 aliphatic carbocycles. The van der Waals surface area contributed by atoms with E-state index < -0.39 is 25.8 Å². The van der Waals surface area contributed by atoms with Crippen molar-refractivity contribution in [2.75, 3.05) is 23.3 Å². The molecule has 10 heteroatoms. The van der Waals surface area contributed by atoms with Crippen LogP contribution in [0.5, 0.6) is 0 Å². The van der Waals surface area contributed by atoms with Gasteiger partial charge in [0.2, 0.25) is 10.0 Å². The number of amides is 1. The standard InChI is InChI=1S/C17H19ClN2O5S2/c1-26(22,23)20-16-12-13(8-9-15(16)18)17(21)19-10-5-11-27(24,25)14-6-3-2-4-7-14/h2-4,6-9,12,20H,5,10-11H2,1H3,(H,19,21). The number of halogens is 1. The highest BCUT2D eigenvalue weighted by atomic mass is 35.5. The van der Waals surface area contributed by atoms with Crippen LogP contribution in [0.3, 0.4) is 0 Å². The van der Waals surface area contributed by atoms with Crippen molar-refractivity contribution in [1.82, 2.24) is 5.32 Å². The predicted octanol–water partition coefficient (Wildman–Crippen LogP) is 2.31. The number of rotatable bonds is 8. The van der Waals surface area contributed by atoms with Gasteiger partial charge in [-0.2, -0.15) is 0 Å². The molecule has 0 radical (unpaired) electrons. The molecule has 0 bridgehead atoms. The molecular weight excluding hydrogens is 412 g/mol. The van der Waals surface area contributed by atoms with Gasteiger partial charge < -0.3 is 5.32 Å². The maximum atomic E-state index is 12.2. The van der Waals surface area contributed by atoms with Crippen molar-refractivity contribution >= 4 is 43.1 Å². The molecule has 0 spiro atoms. The van der Waals surface area contributed by atoms with Crippen LogP contribution >= 0.6 is 11.6 Å². The van der Waals surface area contributed by atoms with Crippen LogP contribution in [-0.2, 0) is 19.9 Å². The highest BCUT2D eigenvalue weighted by Gasteiger charge is 2.14. The average Bonchev–Trinajstić information content (AvgIpc) is 2.60. The molecule has 146 valence electrons. The van der Waals surface area contributed by atoms with E-state index >= 15 is 0 Å². The molecule has 0 saturated heterocycles. The van der Waals surface area contributed by atoms with Crippen molar-refractivity contribution in [1.29, 1.82) is 0 Å². The van der Waals surface area contributed by atoms with Gasteiger partial charge in [0.25, 0.3) is 5.91 Å². The zero-order chi connectivity index (χ0) is 20.1. The molecule has 0 aliphatic heterocycles. The van der Waals surface area contributed by atoms with Gasteiger partial charge in [0, 0.05) is 12.1 Å². The quantitative estimate of drug-likeness (QED) is 0.624.